The Labute approximate surface area is 190 Å². The van der Waals surface area contributed by atoms with Gasteiger partial charge in [-0.15, -0.1) is 0 Å². The topological polar surface area (TPSA) is 104 Å². The van der Waals surface area contributed by atoms with E-state index in [1.54, 1.807) is 17.3 Å². The largest absolute Gasteiger partial charge is 0.340 e. The molecule has 1 saturated heterocycles. The lowest BCUT2D eigenvalue weighted by Crippen LogP contribution is -2.52. The monoisotopic (exact) mass is 441 g/mol. The van der Waals surface area contributed by atoms with Gasteiger partial charge in [0, 0.05) is 29.6 Å². The molecule has 6 rings (SSSR count). The molecular formula is C25H23N5O3. The molecule has 1 aliphatic carbocycles. The quantitative estimate of drug-likeness (QED) is 0.602. The van der Waals surface area contributed by atoms with E-state index in [0.29, 0.717) is 24.4 Å². The molecule has 3 heterocycles. The first-order valence-electron chi connectivity index (χ1n) is 11.4. The number of benzene rings is 2. The van der Waals surface area contributed by atoms with Gasteiger partial charge in [0.1, 0.15) is 18.2 Å². The molecule has 8 nitrogen and oxygen atoms in total. The number of imide groups is 1. The zero-order chi connectivity index (χ0) is 22.5. The van der Waals surface area contributed by atoms with Crippen molar-refractivity contribution in [3.05, 3.63) is 59.4 Å². The fourth-order valence-corrected chi connectivity index (χ4v) is 4.96. The van der Waals surface area contributed by atoms with Gasteiger partial charge in [0.2, 0.25) is 11.8 Å². The number of fused-ring (bicyclic) bond motifs is 2. The average molecular weight is 441 g/mol. The van der Waals surface area contributed by atoms with Gasteiger partial charge in [-0.3, -0.25) is 19.7 Å². The van der Waals surface area contributed by atoms with Crippen molar-refractivity contribution in [2.24, 2.45) is 0 Å². The van der Waals surface area contributed by atoms with Crippen molar-refractivity contribution >= 4 is 40.1 Å². The Morgan fingerprint density at radius 3 is 2.67 bits per heavy atom. The number of amides is 3. The van der Waals surface area contributed by atoms with Crippen LogP contribution in [-0.4, -0.2) is 38.6 Å². The Bertz CT molecular complexity index is 1320. The highest BCUT2D eigenvalue weighted by Crippen LogP contribution is 2.38. The molecule has 2 fully saturated rings. The van der Waals surface area contributed by atoms with Gasteiger partial charge in [0.05, 0.1) is 5.52 Å². The maximum atomic E-state index is 12.9. The molecule has 2 aliphatic heterocycles. The van der Waals surface area contributed by atoms with Crippen LogP contribution in [0.15, 0.2) is 42.7 Å². The van der Waals surface area contributed by atoms with Crippen LogP contribution in [0.4, 0.5) is 11.5 Å². The van der Waals surface area contributed by atoms with E-state index in [1.165, 1.54) is 24.8 Å². The number of carbonyl (C=O) groups is 3. The molecule has 2 N–H and O–H groups in total. The van der Waals surface area contributed by atoms with Crippen molar-refractivity contribution in [3.8, 4) is 0 Å². The molecule has 1 unspecified atom stereocenters. The Balaban J connectivity index is 1.27. The first-order valence-corrected chi connectivity index (χ1v) is 11.4. The van der Waals surface area contributed by atoms with Crippen LogP contribution in [0, 0.1) is 0 Å². The second-order valence-electron chi connectivity index (χ2n) is 9.02. The summed E-state index contributed by atoms with van der Waals surface area (Å²) in [7, 11) is 0. The summed E-state index contributed by atoms with van der Waals surface area (Å²) in [4.78, 5) is 47.1. The lowest BCUT2D eigenvalue weighted by molar-refractivity contribution is -0.136. The Morgan fingerprint density at radius 2 is 1.88 bits per heavy atom. The first-order chi connectivity index (χ1) is 16.1. The Hall–Kier alpha value is -3.81. The molecule has 1 atom stereocenters. The van der Waals surface area contributed by atoms with E-state index in [1.807, 2.05) is 12.1 Å². The van der Waals surface area contributed by atoms with Crippen molar-refractivity contribution in [1.82, 2.24) is 20.2 Å². The van der Waals surface area contributed by atoms with Crippen molar-refractivity contribution in [1.29, 1.82) is 0 Å². The summed E-state index contributed by atoms with van der Waals surface area (Å²) >= 11 is 0. The molecule has 33 heavy (non-hydrogen) atoms. The molecule has 0 bridgehead atoms. The number of anilines is 2. The highest BCUT2D eigenvalue weighted by molar-refractivity contribution is 6.05. The van der Waals surface area contributed by atoms with Crippen LogP contribution in [0.25, 0.3) is 10.9 Å². The van der Waals surface area contributed by atoms with Gasteiger partial charge >= 0.3 is 0 Å². The van der Waals surface area contributed by atoms with Gasteiger partial charge in [-0.05, 0) is 66.6 Å². The van der Waals surface area contributed by atoms with Gasteiger partial charge in [-0.25, -0.2) is 9.97 Å². The smallest absolute Gasteiger partial charge is 0.255 e. The summed E-state index contributed by atoms with van der Waals surface area (Å²) in [5.41, 5.74) is 4.47. The molecule has 8 heteroatoms. The fraction of sp³-hybridized carbons (Fsp3) is 0.320. The number of carbonyl (C=O) groups excluding carboxylic acids is 3. The van der Waals surface area contributed by atoms with Crippen LogP contribution in [0.3, 0.4) is 0 Å². The summed E-state index contributed by atoms with van der Waals surface area (Å²) in [5, 5.41) is 6.71. The molecule has 3 aliphatic rings. The molecule has 1 aromatic heterocycles. The van der Waals surface area contributed by atoms with Gasteiger partial charge in [0.25, 0.3) is 5.91 Å². The third-order valence-corrected chi connectivity index (χ3v) is 7.02. The van der Waals surface area contributed by atoms with Gasteiger partial charge in [-0.2, -0.15) is 0 Å². The van der Waals surface area contributed by atoms with Crippen LogP contribution in [0.2, 0.25) is 0 Å². The van der Waals surface area contributed by atoms with E-state index in [4.69, 9.17) is 0 Å². The minimum atomic E-state index is -0.616. The number of hydrogen-bond donors (Lipinski definition) is 2. The third kappa shape index (κ3) is 3.42. The van der Waals surface area contributed by atoms with Crippen LogP contribution in [-0.2, 0) is 16.1 Å². The number of nitrogens with zero attached hydrogens (tertiary/aromatic N) is 3. The van der Waals surface area contributed by atoms with E-state index in [0.717, 1.165) is 28.0 Å². The minimum Gasteiger partial charge on any atom is -0.340 e. The van der Waals surface area contributed by atoms with Crippen molar-refractivity contribution in [3.63, 3.8) is 0 Å². The summed E-state index contributed by atoms with van der Waals surface area (Å²) in [6, 6.07) is 11.4. The molecule has 3 amide bonds. The van der Waals surface area contributed by atoms with E-state index >= 15 is 0 Å². The zero-order valence-electron chi connectivity index (χ0n) is 18.0. The van der Waals surface area contributed by atoms with Crippen molar-refractivity contribution < 1.29 is 14.4 Å². The van der Waals surface area contributed by atoms with Gasteiger partial charge < -0.3 is 10.2 Å². The number of piperidine rings is 1. The minimum absolute atomic E-state index is 0.177. The number of nitrogens with one attached hydrogen (secondary N) is 2. The van der Waals surface area contributed by atoms with Crippen molar-refractivity contribution in [2.45, 2.75) is 50.6 Å². The number of aromatic nitrogens is 2. The average Bonchev–Trinajstić information content (AvgIpc) is 3.08. The van der Waals surface area contributed by atoms with E-state index < -0.39 is 11.9 Å². The molecular weight excluding hydrogens is 418 g/mol. The molecule has 0 radical (unpaired) electrons. The highest BCUT2D eigenvalue weighted by atomic mass is 16.2. The lowest BCUT2D eigenvalue weighted by Gasteiger charge is -2.29. The molecule has 1 saturated carbocycles. The van der Waals surface area contributed by atoms with E-state index in [-0.39, 0.29) is 18.2 Å². The first kappa shape index (κ1) is 19.8. The second kappa shape index (κ2) is 7.65. The Kier molecular flexibility index (Phi) is 4.60. The summed E-state index contributed by atoms with van der Waals surface area (Å²) in [6.45, 7) is 0.340. The maximum Gasteiger partial charge on any atom is 0.255 e. The molecule has 166 valence electrons. The maximum absolute atomic E-state index is 12.9. The zero-order valence-corrected chi connectivity index (χ0v) is 18.0. The number of rotatable bonds is 4. The van der Waals surface area contributed by atoms with Crippen molar-refractivity contribution in [2.75, 3.05) is 5.32 Å². The summed E-state index contributed by atoms with van der Waals surface area (Å²) in [6.07, 6.45) is 5.88. The van der Waals surface area contributed by atoms with Crippen LogP contribution in [0.5, 0.6) is 0 Å². The van der Waals surface area contributed by atoms with Crippen LogP contribution in [0.1, 0.15) is 59.5 Å². The third-order valence-electron chi connectivity index (χ3n) is 7.02. The lowest BCUT2D eigenvalue weighted by atomic mass is 9.80. The molecule has 2 aromatic carbocycles. The predicted octanol–water partition coefficient (Wildman–Crippen LogP) is 3.40. The van der Waals surface area contributed by atoms with Crippen LogP contribution >= 0.6 is 0 Å². The van der Waals surface area contributed by atoms with Gasteiger partial charge in [-0.1, -0.05) is 12.5 Å². The highest BCUT2D eigenvalue weighted by Gasteiger charge is 2.39. The standard InChI is InChI=1S/C25H23N5O3/c31-22-9-8-21(24(32)29-22)30-12-16-10-17(5-6-18(16)25(30)33)28-23-19-11-15(14-2-1-3-14)4-7-20(19)26-13-27-23/h4-7,10-11,13-14,21H,1-3,8-9,12H2,(H,26,27,28)(H,29,31,32). The normalized spacial score (nSPS) is 20.5. The second-order valence-corrected chi connectivity index (χ2v) is 9.02. The molecule has 0 spiro atoms. The van der Waals surface area contributed by atoms with E-state index in [2.05, 4.69) is 38.8 Å². The molecule has 3 aromatic rings. The Morgan fingerprint density at radius 1 is 1.00 bits per heavy atom. The SMILES string of the molecule is O=C1CCC(N2Cc3cc(Nc4ncnc5ccc(C6CCC6)cc45)ccc3C2=O)C(=O)N1. The van der Waals surface area contributed by atoms with Gasteiger partial charge in [0.15, 0.2) is 0 Å². The summed E-state index contributed by atoms with van der Waals surface area (Å²) < 4.78 is 0. The predicted molar refractivity (Wildman–Crippen MR) is 122 cm³/mol. The van der Waals surface area contributed by atoms with Crippen LogP contribution < -0.4 is 10.6 Å². The summed E-state index contributed by atoms with van der Waals surface area (Å²) in [5.74, 6) is 0.479. The van der Waals surface area contributed by atoms with E-state index in [9.17, 15) is 14.4 Å². The fourth-order valence-electron chi connectivity index (χ4n) is 4.96. The number of hydrogen-bond acceptors (Lipinski definition) is 6.